The van der Waals surface area contributed by atoms with E-state index in [1.165, 1.54) is 18.2 Å². The normalized spacial score (nSPS) is 12.1. The Bertz CT molecular complexity index is 469. The summed E-state index contributed by atoms with van der Waals surface area (Å²) in [6.45, 7) is 3.43. The van der Waals surface area contributed by atoms with Gasteiger partial charge in [0.1, 0.15) is 5.82 Å². The Labute approximate surface area is 95.4 Å². The van der Waals surface area contributed by atoms with Crippen LogP contribution >= 0.6 is 0 Å². The lowest BCUT2D eigenvalue weighted by molar-refractivity contribution is 0.585. The molecule has 0 aliphatic carbocycles. The van der Waals surface area contributed by atoms with Crippen LogP contribution in [0, 0.1) is 5.82 Å². The fourth-order valence-corrected chi connectivity index (χ4v) is 2.35. The third-order valence-electron chi connectivity index (χ3n) is 2.46. The molecular weight excluding hydrogens is 229 g/mol. The Morgan fingerprint density at radius 2 is 1.94 bits per heavy atom. The highest BCUT2D eigenvalue weighted by atomic mass is 32.2. The van der Waals surface area contributed by atoms with Gasteiger partial charge in [0.15, 0.2) is 9.84 Å². The van der Waals surface area contributed by atoms with Crippen LogP contribution in [0.4, 0.5) is 4.39 Å². The van der Waals surface area contributed by atoms with Crippen LogP contribution in [0.15, 0.2) is 18.2 Å². The van der Waals surface area contributed by atoms with Crippen molar-refractivity contribution >= 4 is 9.84 Å². The van der Waals surface area contributed by atoms with Gasteiger partial charge in [-0.25, -0.2) is 12.8 Å². The summed E-state index contributed by atoms with van der Waals surface area (Å²) in [6, 6.07) is 4.05. The molecule has 0 aliphatic rings. The van der Waals surface area contributed by atoms with Gasteiger partial charge < -0.3 is 5.73 Å². The van der Waals surface area contributed by atoms with Crippen LogP contribution in [0.3, 0.4) is 0 Å². The first kappa shape index (κ1) is 13.1. The second-order valence-corrected chi connectivity index (χ2v) is 6.53. The van der Waals surface area contributed by atoms with Crippen LogP contribution in [0.5, 0.6) is 0 Å². The zero-order valence-electron chi connectivity index (χ0n) is 9.40. The van der Waals surface area contributed by atoms with Crippen molar-refractivity contribution in [1.82, 2.24) is 0 Å². The second kappa shape index (κ2) is 4.93. The number of rotatable bonds is 4. The van der Waals surface area contributed by atoms with Gasteiger partial charge in [-0.05, 0) is 37.1 Å². The molecular formula is C11H16FNO2S. The summed E-state index contributed by atoms with van der Waals surface area (Å²) in [5.41, 5.74) is 6.61. The van der Waals surface area contributed by atoms with Crippen molar-refractivity contribution in [3.8, 4) is 0 Å². The SMILES string of the molecule is CC(C)S(=O)(=O)Cc1cc(F)ccc1CN. The predicted octanol–water partition coefficient (Wildman–Crippen LogP) is 1.61. The van der Waals surface area contributed by atoms with Gasteiger partial charge in [0.05, 0.1) is 11.0 Å². The molecule has 90 valence electrons. The molecule has 0 amide bonds. The third kappa shape index (κ3) is 3.02. The van der Waals surface area contributed by atoms with Gasteiger partial charge in [0, 0.05) is 6.54 Å². The Morgan fingerprint density at radius 1 is 1.31 bits per heavy atom. The van der Waals surface area contributed by atoms with E-state index < -0.39 is 20.9 Å². The van der Waals surface area contributed by atoms with Gasteiger partial charge >= 0.3 is 0 Å². The molecule has 1 aromatic rings. The molecule has 0 spiro atoms. The van der Waals surface area contributed by atoms with Gasteiger partial charge in [-0.1, -0.05) is 6.07 Å². The zero-order chi connectivity index (χ0) is 12.3. The fourth-order valence-electron chi connectivity index (χ4n) is 1.31. The maximum Gasteiger partial charge on any atom is 0.156 e. The van der Waals surface area contributed by atoms with Crippen molar-refractivity contribution in [3.63, 3.8) is 0 Å². The monoisotopic (exact) mass is 245 g/mol. The topological polar surface area (TPSA) is 60.2 Å². The Balaban J connectivity index is 3.10. The van der Waals surface area contributed by atoms with Crippen LogP contribution in [-0.2, 0) is 22.1 Å². The zero-order valence-corrected chi connectivity index (χ0v) is 10.2. The van der Waals surface area contributed by atoms with Crippen molar-refractivity contribution < 1.29 is 12.8 Å². The van der Waals surface area contributed by atoms with E-state index in [0.717, 1.165) is 0 Å². The number of sulfone groups is 1. The van der Waals surface area contributed by atoms with Crippen molar-refractivity contribution in [1.29, 1.82) is 0 Å². The average molecular weight is 245 g/mol. The second-order valence-electron chi connectivity index (χ2n) is 3.97. The number of hydrogen-bond donors (Lipinski definition) is 1. The standard InChI is InChI=1S/C11H16FNO2S/c1-8(2)16(14,15)7-10-5-11(12)4-3-9(10)6-13/h3-5,8H,6-7,13H2,1-2H3. The van der Waals surface area contributed by atoms with Crippen LogP contribution in [-0.4, -0.2) is 13.7 Å². The molecule has 3 nitrogen and oxygen atoms in total. The van der Waals surface area contributed by atoms with Crippen LogP contribution in [0.25, 0.3) is 0 Å². The number of benzene rings is 1. The van der Waals surface area contributed by atoms with Gasteiger partial charge in [0.2, 0.25) is 0 Å². The fraction of sp³-hybridized carbons (Fsp3) is 0.455. The molecule has 1 aromatic carbocycles. The average Bonchev–Trinajstić information content (AvgIpc) is 2.17. The molecule has 0 saturated carbocycles. The van der Waals surface area contributed by atoms with Gasteiger partial charge in [-0.2, -0.15) is 0 Å². The smallest absolute Gasteiger partial charge is 0.156 e. The van der Waals surface area contributed by atoms with E-state index in [2.05, 4.69) is 0 Å². The molecule has 1 rings (SSSR count). The van der Waals surface area contributed by atoms with E-state index in [9.17, 15) is 12.8 Å². The first-order chi connectivity index (χ1) is 7.36. The number of halogens is 1. The Kier molecular flexibility index (Phi) is 4.04. The molecule has 5 heteroatoms. The van der Waals surface area contributed by atoms with E-state index in [0.29, 0.717) is 11.1 Å². The lowest BCUT2D eigenvalue weighted by Crippen LogP contribution is -2.17. The minimum Gasteiger partial charge on any atom is -0.326 e. The molecule has 0 aromatic heterocycles. The quantitative estimate of drug-likeness (QED) is 0.876. The summed E-state index contributed by atoms with van der Waals surface area (Å²) in [5.74, 6) is -0.597. The molecule has 0 heterocycles. The van der Waals surface area contributed by atoms with Crippen molar-refractivity contribution in [3.05, 3.63) is 35.1 Å². The highest BCUT2D eigenvalue weighted by molar-refractivity contribution is 7.91. The molecule has 0 fully saturated rings. The van der Waals surface area contributed by atoms with Crippen molar-refractivity contribution in [2.75, 3.05) is 0 Å². The molecule has 16 heavy (non-hydrogen) atoms. The van der Waals surface area contributed by atoms with E-state index in [-0.39, 0.29) is 12.3 Å². The lowest BCUT2D eigenvalue weighted by atomic mass is 10.1. The van der Waals surface area contributed by atoms with E-state index in [4.69, 9.17) is 5.73 Å². The molecule has 0 radical (unpaired) electrons. The summed E-state index contributed by atoms with van der Waals surface area (Å²) >= 11 is 0. The third-order valence-corrected chi connectivity index (χ3v) is 4.61. The van der Waals surface area contributed by atoms with E-state index in [1.807, 2.05) is 0 Å². The van der Waals surface area contributed by atoms with Crippen LogP contribution < -0.4 is 5.73 Å². The largest absolute Gasteiger partial charge is 0.326 e. The number of nitrogens with two attached hydrogens (primary N) is 1. The van der Waals surface area contributed by atoms with E-state index >= 15 is 0 Å². The van der Waals surface area contributed by atoms with Crippen LogP contribution in [0.1, 0.15) is 25.0 Å². The first-order valence-corrected chi connectivity index (χ1v) is 6.77. The van der Waals surface area contributed by atoms with Crippen molar-refractivity contribution in [2.45, 2.75) is 31.4 Å². The predicted molar refractivity (Wildman–Crippen MR) is 62.1 cm³/mol. The van der Waals surface area contributed by atoms with Crippen LogP contribution in [0.2, 0.25) is 0 Å². The van der Waals surface area contributed by atoms with Gasteiger partial charge in [-0.15, -0.1) is 0 Å². The Hall–Kier alpha value is -0.940. The summed E-state index contributed by atoms with van der Waals surface area (Å²) < 4.78 is 36.5. The first-order valence-electron chi connectivity index (χ1n) is 5.05. The molecule has 0 aliphatic heterocycles. The minimum absolute atomic E-state index is 0.158. The molecule has 0 unspecified atom stereocenters. The highest BCUT2D eigenvalue weighted by Gasteiger charge is 2.18. The molecule has 0 bridgehead atoms. The maximum atomic E-state index is 13.0. The van der Waals surface area contributed by atoms with Gasteiger partial charge in [-0.3, -0.25) is 0 Å². The summed E-state index contributed by atoms with van der Waals surface area (Å²) in [4.78, 5) is 0. The summed E-state index contributed by atoms with van der Waals surface area (Å²) in [5, 5.41) is -0.471. The molecule has 2 N–H and O–H groups in total. The minimum atomic E-state index is -3.22. The molecule has 0 saturated heterocycles. The number of hydrogen-bond acceptors (Lipinski definition) is 3. The van der Waals surface area contributed by atoms with E-state index in [1.54, 1.807) is 13.8 Å². The summed E-state index contributed by atoms with van der Waals surface area (Å²) in [7, 11) is -3.22. The maximum absolute atomic E-state index is 13.0. The lowest BCUT2D eigenvalue weighted by Gasteiger charge is -2.11. The Morgan fingerprint density at radius 3 is 2.44 bits per heavy atom. The molecule has 0 atom stereocenters. The van der Waals surface area contributed by atoms with Crippen molar-refractivity contribution in [2.24, 2.45) is 5.73 Å². The summed E-state index contributed by atoms with van der Waals surface area (Å²) in [6.07, 6.45) is 0. The van der Waals surface area contributed by atoms with Gasteiger partial charge in [0.25, 0.3) is 0 Å². The highest BCUT2D eigenvalue weighted by Crippen LogP contribution is 2.16.